The lowest BCUT2D eigenvalue weighted by atomic mass is 10.1. The molecule has 0 bridgehead atoms. The van der Waals surface area contributed by atoms with Gasteiger partial charge in [0.2, 0.25) is 5.91 Å². The number of hydrogen-bond donors (Lipinski definition) is 1. The smallest absolute Gasteiger partial charge is 0.253 e. The molecule has 2 amide bonds. The molecule has 1 aromatic heterocycles. The SMILES string of the molecule is CCN(CC)C(=O)c1ccc(NC(=O)Cc2c(C)nn(CC(C)C)c2C)cc1. The predicted octanol–water partition coefficient (Wildman–Crippen LogP) is 3.82. The van der Waals surface area contributed by atoms with Crippen LogP contribution < -0.4 is 5.32 Å². The van der Waals surface area contributed by atoms with E-state index in [9.17, 15) is 9.59 Å². The van der Waals surface area contributed by atoms with Crippen molar-refractivity contribution >= 4 is 17.5 Å². The number of hydrogen-bond acceptors (Lipinski definition) is 3. The van der Waals surface area contributed by atoms with Crippen LogP contribution in [0.1, 0.15) is 55.0 Å². The minimum Gasteiger partial charge on any atom is -0.339 e. The number of benzene rings is 1. The standard InChI is InChI=1S/C22H32N4O2/c1-7-25(8-2)22(28)18-9-11-19(12-10-18)23-21(27)13-20-16(5)24-26(17(20)6)14-15(3)4/h9-12,15H,7-8,13-14H2,1-6H3,(H,23,27). The highest BCUT2D eigenvalue weighted by molar-refractivity contribution is 5.96. The predicted molar refractivity (Wildman–Crippen MR) is 113 cm³/mol. The van der Waals surface area contributed by atoms with Crippen LogP contribution in [0.5, 0.6) is 0 Å². The van der Waals surface area contributed by atoms with Gasteiger partial charge in [-0.05, 0) is 57.9 Å². The molecule has 0 saturated carbocycles. The van der Waals surface area contributed by atoms with Gasteiger partial charge in [0.1, 0.15) is 0 Å². The number of rotatable bonds is 8. The van der Waals surface area contributed by atoms with Gasteiger partial charge in [0.25, 0.3) is 5.91 Å². The minimum atomic E-state index is -0.0851. The van der Waals surface area contributed by atoms with E-state index in [1.807, 2.05) is 32.4 Å². The summed E-state index contributed by atoms with van der Waals surface area (Å²) >= 11 is 0. The second-order valence-corrected chi connectivity index (χ2v) is 7.51. The van der Waals surface area contributed by atoms with Gasteiger partial charge in [-0.25, -0.2) is 0 Å². The minimum absolute atomic E-state index is 0.00620. The van der Waals surface area contributed by atoms with E-state index in [1.165, 1.54) is 0 Å². The first-order valence-electron chi connectivity index (χ1n) is 9.98. The number of aryl methyl sites for hydroxylation is 1. The third-order valence-electron chi connectivity index (χ3n) is 4.87. The van der Waals surface area contributed by atoms with Crippen LogP contribution in [0.3, 0.4) is 0 Å². The lowest BCUT2D eigenvalue weighted by Gasteiger charge is -2.18. The monoisotopic (exact) mass is 384 g/mol. The fraction of sp³-hybridized carbons (Fsp3) is 0.500. The Morgan fingerprint density at radius 2 is 1.71 bits per heavy atom. The van der Waals surface area contributed by atoms with Crippen molar-refractivity contribution < 1.29 is 9.59 Å². The van der Waals surface area contributed by atoms with Gasteiger partial charge in [-0.1, -0.05) is 13.8 Å². The molecule has 0 aliphatic carbocycles. The third kappa shape index (κ3) is 5.21. The highest BCUT2D eigenvalue weighted by Gasteiger charge is 2.16. The molecule has 1 aromatic carbocycles. The summed E-state index contributed by atoms with van der Waals surface area (Å²) in [6.07, 6.45) is 0.288. The van der Waals surface area contributed by atoms with Crippen LogP contribution >= 0.6 is 0 Å². The van der Waals surface area contributed by atoms with Crippen molar-refractivity contribution in [3.8, 4) is 0 Å². The molecule has 2 rings (SSSR count). The maximum atomic E-state index is 12.5. The van der Waals surface area contributed by atoms with Gasteiger partial charge in [-0.3, -0.25) is 14.3 Å². The lowest BCUT2D eigenvalue weighted by molar-refractivity contribution is -0.115. The Bertz CT molecular complexity index is 818. The number of nitrogens with zero attached hydrogens (tertiary/aromatic N) is 3. The average Bonchev–Trinajstić information content (AvgIpc) is 2.90. The molecular formula is C22H32N4O2. The van der Waals surface area contributed by atoms with E-state index < -0.39 is 0 Å². The van der Waals surface area contributed by atoms with Gasteiger partial charge in [0, 0.05) is 42.1 Å². The normalized spacial score (nSPS) is 11.0. The van der Waals surface area contributed by atoms with E-state index in [-0.39, 0.29) is 18.2 Å². The summed E-state index contributed by atoms with van der Waals surface area (Å²) in [5.74, 6) is 0.419. The van der Waals surface area contributed by atoms with Gasteiger partial charge in [0.05, 0.1) is 12.1 Å². The van der Waals surface area contributed by atoms with Gasteiger partial charge < -0.3 is 10.2 Å². The van der Waals surface area contributed by atoms with Crippen LogP contribution in [0.2, 0.25) is 0 Å². The van der Waals surface area contributed by atoms with E-state index in [1.54, 1.807) is 29.2 Å². The molecule has 6 nitrogen and oxygen atoms in total. The summed E-state index contributed by atoms with van der Waals surface area (Å²) in [5, 5.41) is 7.49. The zero-order chi connectivity index (χ0) is 20.8. The Kier molecular flexibility index (Phi) is 7.38. The number of anilines is 1. The summed E-state index contributed by atoms with van der Waals surface area (Å²) in [5.41, 5.74) is 4.23. The first-order valence-corrected chi connectivity index (χ1v) is 9.98. The zero-order valence-corrected chi connectivity index (χ0v) is 17.9. The van der Waals surface area contributed by atoms with Gasteiger partial charge in [-0.15, -0.1) is 0 Å². The molecule has 0 atom stereocenters. The van der Waals surface area contributed by atoms with Crippen molar-refractivity contribution in [2.24, 2.45) is 5.92 Å². The highest BCUT2D eigenvalue weighted by Crippen LogP contribution is 2.17. The van der Waals surface area contributed by atoms with Crippen LogP contribution in [0.4, 0.5) is 5.69 Å². The summed E-state index contributed by atoms with van der Waals surface area (Å²) in [7, 11) is 0. The van der Waals surface area contributed by atoms with Gasteiger partial charge >= 0.3 is 0 Å². The fourth-order valence-corrected chi connectivity index (χ4v) is 3.27. The summed E-state index contributed by atoms with van der Waals surface area (Å²) in [4.78, 5) is 26.7. The Morgan fingerprint density at radius 1 is 1.11 bits per heavy atom. The van der Waals surface area contributed by atoms with Crippen LogP contribution in [0.15, 0.2) is 24.3 Å². The molecule has 0 radical (unpaired) electrons. The number of aromatic nitrogens is 2. The molecule has 0 spiro atoms. The maximum absolute atomic E-state index is 12.5. The van der Waals surface area contributed by atoms with E-state index in [2.05, 4.69) is 24.3 Å². The molecule has 0 aliphatic rings. The van der Waals surface area contributed by atoms with Crippen molar-refractivity contribution in [2.45, 2.75) is 54.5 Å². The van der Waals surface area contributed by atoms with Crippen molar-refractivity contribution in [1.82, 2.24) is 14.7 Å². The number of carbonyl (C=O) groups excluding carboxylic acids is 2. The molecule has 152 valence electrons. The fourth-order valence-electron chi connectivity index (χ4n) is 3.27. The van der Waals surface area contributed by atoms with Crippen LogP contribution in [-0.4, -0.2) is 39.6 Å². The quantitative estimate of drug-likeness (QED) is 0.752. The first-order chi connectivity index (χ1) is 13.3. The van der Waals surface area contributed by atoms with Gasteiger partial charge in [-0.2, -0.15) is 5.10 Å². The Hall–Kier alpha value is -2.63. The number of amides is 2. The zero-order valence-electron chi connectivity index (χ0n) is 17.9. The van der Waals surface area contributed by atoms with Crippen molar-refractivity contribution in [1.29, 1.82) is 0 Å². The highest BCUT2D eigenvalue weighted by atomic mass is 16.2. The average molecular weight is 385 g/mol. The number of nitrogens with one attached hydrogen (secondary N) is 1. The molecule has 1 heterocycles. The Balaban J connectivity index is 2.04. The Labute approximate surface area is 167 Å². The molecule has 0 aliphatic heterocycles. The van der Waals surface area contributed by atoms with Crippen molar-refractivity contribution in [3.63, 3.8) is 0 Å². The van der Waals surface area contributed by atoms with Crippen LogP contribution in [-0.2, 0) is 17.8 Å². The molecule has 1 N–H and O–H groups in total. The van der Waals surface area contributed by atoms with Gasteiger partial charge in [0.15, 0.2) is 0 Å². The molecule has 6 heteroatoms. The topological polar surface area (TPSA) is 67.2 Å². The third-order valence-corrected chi connectivity index (χ3v) is 4.87. The van der Waals surface area contributed by atoms with Crippen molar-refractivity contribution in [3.05, 3.63) is 46.8 Å². The van der Waals surface area contributed by atoms with E-state index in [0.29, 0.717) is 30.3 Å². The first kappa shape index (κ1) is 21.7. The summed E-state index contributed by atoms with van der Waals surface area (Å²) in [6.45, 7) is 14.4. The largest absolute Gasteiger partial charge is 0.339 e. The molecule has 0 fully saturated rings. The maximum Gasteiger partial charge on any atom is 0.253 e. The summed E-state index contributed by atoms with van der Waals surface area (Å²) < 4.78 is 1.98. The summed E-state index contributed by atoms with van der Waals surface area (Å²) in [6, 6.07) is 7.06. The van der Waals surface area contributed by atoms with E-state index in [0.717, 1.165) is 23.5 Å². The molecule has 0 saturated heterocycles. The second-order valence-electron chi connectivity index (χ2n) is 7.51. The van der Waals surface area contributed by atoms with E-state index in [4.69, 9.17) is 0 Å². The molecule has 0 unspecified atom stereocenters. The molecular weight excluding hydrogens is 352 g/mol. The molecule has 28 heavy (non-hydrogen) atoms. The molecule has 2 aromatic rings. The Morgan fingerprint density at radius 3 is 2.25 bits per heavy atom. The van der Waals surface area contributed by atoms with E-state index >= 15 is 0 Å². The number of carbonyl (C=O) groups is 2. The van der Waals surface area contributed by atoms with Crippen LogP contribution in [0.25, 0.3) is 0 Å². The van der Waals surface area contributed by atoms with Crippen molar-refractivity contribution in [2.75, 3.05) is 18.4 Å². The lowest BCUT2D eigenvalue weighted by Crippen LogP contribution is -2.30. The van der Waals surface area contributed by atoms with Crippen LogP contribution in [0, 0.1) is 19.8 Å². The second kappa shape index (κ2) is 9.53.